The van der Waals surface area contributed by atoms with E-state index in [-0.39, 0.29) is 35.9 Å². The number of aromatic nitrogens is 2. The van der Waals surface area contributed by atoms with Gasteiger partial charge in [-0.15, -0.1) is 22.7 Å². The van der Waals surface area contributed by atoms with Crippen molar-refractivity contribution < 1.29 is 9.72 Å². The zero-order valence-electron chi connectivity index (χ0n) is 16.7. The molecule has 0 radical (unpaired) electrons. The van der Waals surface area contributed by atoms with Crippen LogP contribution in [0.2, 0.25) is 0 Å². The monoisotopic (exact) mass is 454 g/mol. The van der Waals surface area contributed by atoms with Crippen molar-refractivity contribution in [2.75, 3.05) is 7.05 Å². The zero-order valence-corrected chi connectivity index (χ0v) is 18.4. The minimum atomic E-state index is -0.468. The van der Waals surface area contributed by atoms with E-state index >= 15 is 0 Å². The van der Waals surface area contributed by atoms with Gasteiger partial charge in [0.1, 0.15) is 10.7 Å². The van der Waals surface area contributed by atoms with E-state index in [0.717, 1.165) is 15.3 Å². The number of nitro benzene ring substituents is 1. The molecule has 31 heavy (non-hydrogen) atoms. The Hall–Kier alpha value is -3.37. The van der Waals surface area contributed by atoms with Crippen molar-refractivity contribution in [1.29, 1.82) is 0 Å². The predicted molar refractivity (Wildman–Crippen MR) is 122 cm³/mol. The summed E-state index contributed by atoms with van der Waals surface area (Å²) < 4.78 is 0. The van der Waals surface area contributed by atoms with Crippen molar-refractivity contribution >= 4 is 44.5 Å². The lowest BCUT2D eigenvalue weighted by atomic mass is 10.1. The van der Waals surface area contributed by atoms with Crippen molar-refractivity contribution in [3.05, 3.63) is 78.5 Å². The number of aryl methyl sites for hydroxylation is 1. The molecule has 0 bridgehead atoms. The number of rotatable bonds is 6. The molecule has 3 aromatic heterocycles. The minimum Gasteiger partial charge on any atom is -0.341 e. The van der Waals surface area contributed by atoms with Crippen molar-refractivity contribution in [3.63, 3.8) is 0 Å². The standard InChI is InChI=1S/C21H18N4O4S2/c1-12-7-8-16(31-12)14-11-30-21-19(14)20(27)22-17(23-21)9-18(26)24(2)10-13-5-3-4-6-15(13)25(28)29/h3-8,11H,9-10H2,1-2H3,(H,22,23,27). The Morgan fingerprint density at radius 2 is 2.03 bits per heavy atom. The Morgan fingerprint density at radius 3 is 2.74 bits per heavy atom. The fourth-order valence-electron chi connectivity index (χ4n) is 3.28. The van der Waals surface area contributed by atoms with Gasteiger partial charge in [-0.25, -0.2) is 4.98 Å². The lowest BCUT2D eigenvalue weighted by Crippen LogP contribution is -2.29. The first-order valence-electron chi connectivity index (χ1n) is 9.37. The number of amides is 1. The second-order valence-electron chi connectivity index (χ2n) is 7.06. The van der Waals surface area contributed by atoms with Crippen LogP contribution >= 0.6 is 22.7 Å². The summed E-state index contributed by atoms with van der Waals surface area (Å²) in [6.45, 7) is 2.10. The van der Waals surface area contributed by atoms with Crippen LogP contribution in [0.1, 0.15) is 16.3 Å². The molecular formula is C21H18N4O4S2. The summed E-state index contributed by atoms with van der Waals surface area (Å²) in [6, 6.07) is 10.3. The van der Waals surface area contributed by atoms with E-state index in [0.29, 0.717) is 15.8 Å². The number of likely N-dealkylation sites (N-methyl/N-ethyl adjacent to an activating group) is 1. The summed E-state index contributed by atoms with van der Waals surface area (Å²) in [6.07, 6.45) is -0.104. The first-order chi connectivity index (χ1) is 14.8. The van der Waals surface area contributed by atoms with E-state index in [1.165, 1.54) is 22.3 Å². The lowest BCUT2D eigenvalue weighted by molar-refractivity contribution is -0.385. The van der Waals surface area contributed by atoms with Gasteiger partial charge in [-0.1, -0.05) is 18.2 Å². The second kappa shape index (κ2) is 8.40. The molecule has 4 aromatic rings. The third kappa shape index (κ3) is 4.25. The van der Waals surface area contributed by atoms with Gasteiger partial charge in [0, 0.05) is 39.4 Å². The van der Waals surface area contributed by atoms with Gasteiger partial charge in [0.2, 0.25) is 5.91 Å². The molecule has 1 N–H and O–H groups in total. The number of hydrogen-bond donors (Lipinski definition) is 1. The Balaban J connectivity index is 1.55. The van der Waals surface area contributed by atoms with Crippen LogP contribution in [-0.4, -0.2) is 32.7 Å². The van der Waals surface area contributed by atoms with Crippen LogP contribution in [0.4, 0.5) is 5.69 Å². The summed E-state index contributed by atoms with van der Waals surface area (Å²) in [5, 5.41) is 13.6. The number of carbonyl (C=O) groups is 1. The third-order valence-corrected chi connectivity index (χ3v) is 6.75. The van der Waals surface area contributed by atoms with E-state index in [2.05, 4.69) is 9.97 Å². The summed E-state index contributed by atoms with van der Waals surface area (Å²) in [4.78, 5) is 47.5. The van der Waals surface area contributed by atoms with Crippen LogP contribution in [0.5, 0.6) is 0 Å². The molecule has 0 saturated carbocycles. The number of fused-ring (bicyclic) bond motifs is 1. The largest absolute Gasteiger partial charge is 0.341 e. The smallest absolute Gasteiger partial charge is 0.274 e. The Morgan fingerprint density at radius 1 is 1.26 bits per heavy atom. The molecule has 8 nitrogen and oxygen atoms in total. The highest BCUT2D eigenvalue weighted by molar-refractivity contribution is 7.19. The number of para-hydroxylation sites is 1. The number of carbonyl (C=O) groups excluding carboxylic acids is 1. The van der Waals surface area contributed by atoms with E-state index in [1.807, 2.05) is 24.4 Å². The molecule has 1 aromatic carbocycles. The number of aromatic amines is 1. The number of nitrogens with one attached hydrogen (secondary N) is 1. The molecule has 0 fully saturated rings. The summed E-state index contributed by atoms with van der Waals surface area (Å²) >= 11 is 2.97. The van der Waals surface area contributed by atoms with Crippen molar-refractivity contribution in [2.45, 2.75) is 19.9 Å². The van der Waals surface area contributed by atoms with Crippen molar-refractivity contribution in [2.24, 2.45) is 0 Å². The lowest BCUT2D eigenvalue weighted by Gasteiger charge is -2.17. The fraction of sp³-hybridized carbons (Fsp3) is 0.190. The van der Waals surface area contributed by atoms with Crippen molar-refractivity contribution in [3.8, 4) is 10.4 Å². The number of nitro groups is 1. The molecule has 3 heterocycles. The fourth-order valence-corrected chi connectivity index (χ4v) is 5.20. The van der Waals surface area contributed by atoms with Crippen LogP contribution in [0.3, 0.4) is 0 Å². The van der Waals surface area contributed by atoms with Crippen molar-refractivity contribution in [1.82, 2.24) is 14.9 Å². The molecule has 0 atom stereocenters. The molecule has 10 heteroatoms. The third-order valence-electron chi connectivity index (χ3n) is 4.84. The normalized spacial score (nSPS) is 11.0. The van der Waals surface area contributed by atoms with Gasteiger partial charge in [0.05, 0.1) is 23.3 Å². The van der Waals surface area contributed by atoms with E-state index in [4.69, 9.17) is 0 Å². The maximum absolute atomic E-state index is 12.7. The second-order valence-corrected chi connectivity index (χ2v) is 9.21. The molecule has 0 aliphatic carbocycles. The summed E-state index contributed by atoms with van der Waals surface area (Å²) in [5.41, 5.74) is 0.967. The van der Waals surface area contributed by atoms with Gasteiger partial charge in [0.15, 0.2) is 0 Å². The Bertz CT molecular complexity index is 1350. The molecular weight excluding hydrogens is 436 g/mol. The first kappa shape index (κ1) is 20.9. The maximum atomic E-state index is 12.7. The molecule has 0 aliphatic heterocycles. The highest BCUT2D eigenvalue weighted by Gasteiger charge is 2.19. The molecule has 158 valence electrons. The highest BCUT2D eigenvalue weighted by Crippen LogP contribution is 2.35. The highest BCUT2D eigenvalue weighted by atomic mass is 32.1. The maximum Gasteiger partial charge on any atom is 0.274 e. The van der Waals surface area contributed by atoms with Crippen LogP contribution in [0.25, 0.3) is 20.7 Å². The SMILES string of the molecule is Cc1ccc(-c2csc3nc(CC(=O)N(C)Cc4ccccc4[N+](=O)[O-])[nH]c(=O)c23)s1. The molecule has 0 unspecified atom stereocenters. The predicted octanol–water partition coefficient (Wildman–Crippen LogP) is 4.13. The number of benzene rings is 1. The molecule has 4 rings (SSSR count). The zero-order chi connectivity index (χ0) is 22.1. The summed E-state index contributed by atoms with van der Waals surface area (Å²) in [5.74, 6) is -0.0287. The van der Waals surface area contributed by atoms with Gasteiger partial charge >= 0.3 is 0 Å². The van der Waals surface area contributed by atoms with Gasteiger partial charge in [0.25, 0.3) is 11.2 Å². The minimum absolute atomic E-state index is 0.0370. The topological polar surface area (TPSA) is 109 Å². The molecule has 0 aliphatic rings. The van der Waals surface area contributed by atoms with Crippen LogP contribution in [0, 0.1) is 17.0 Å². The van der Waals surface area contributed by atoms with Crippen LogP contribution in [0.15, 0.2) is 46.6 Å². The average Bonchev–Trinajstić information content (AvgIpc) is 3.34. The van der Waals surface area contributed by atoms with Gasteiger partial charge < -0.3 is 9.88 Å². The summed E-state index contributed by atoms with van der Waals surface area (Å²) in [7, 11) is 1.57. The molecule has 0 spiro atoms. The number of H-pyrrole nitrogens is 1. The average molecular weight is 455 g/mol. The van der Waals surface area contributed by atoms with Crippen LogP contribution in [-0.2, 0) is 17.8 Å². The number of hydrogen-bond acceptors (Lipinski definition) is 7. The van der Waals surface area contributed by atoms with Crippen LogP contribution < -0.4 is 5.56 Å². The quantitative estimate of drug-likeness (QED) is 0.348. The van der Waals surface area contributed by atoms with Gasteiger partial charge in [-0.2, -0.15) is 0 Å². The molecule has 1 amide bonds. The van der Waals surface area contributed by atoms with Gasteiger partial charge in [-0.3, -0.25) is 19.7 Å². The number of thiophene rings is 2. The van der Waals surface area contributed by atoms with E-state index in [9.17, 15) is 19.7 Å². The first-order valence-corrected chi connectivity index (χ1v) is 11.1. The number of nitrogens with zero attached hydrogens (tertiary/aromatic N) is 3. The van der Waals surface area contributed by atoms with Gasteiger partial charge in [-0.05, 0) is 19.1 Å². The molecule has 0 saturated heterocycles. The van der Waals surface area contributed by atoms with E-state index in [1.54, 1.807) is 36.6 Å². The Kier molecular flexibility index (Phi) is 5.66. The van der Waals surface area contributed by atoms with E-state index < -0.39 is 4.92 Å². The Labute approximate surface area is 185 Å².